The highest BCUT2D eigenvalue weighted by atomic mass is 16.1. The lowest BCUT2D eigenvalue weighted by Crippen LogP contribution is -2.24. The number of nitrogens with zero attached hydrogens (tertiary/aromatic N) is 1. The molecule has 0 saturated carbocycles. The molecule has 0 fully saturated rings. The fourth-order valence-corrected chi connectivity index (χ4v) is 1.92. The number of hydrogen-bond donors (Lipinski definition) is 2. The second-order valence-corrected chi connectivity index (χ2v) is 4.27. The topological polar surface area (TPSA) is 57.8 Å². The van der Waals surface area contributed by atoms with Gasteiger partial charge in [-0.3, -0.25) is 9.89 Å². The molecule has 1 aliphatic rings. The van der Waals surface area contributed by atoms with E-state index in [2.05, 4.69) is 27.7 Å². The summed E-state index contributed by atoms with van der Waals surface area (Å²) in [4.78, 5) is 11.6. The molecule has 1 unspecified atom stereocenters. The maximum Gasteiger partial charge on any atom is 0.220 e. The summed E-state index contributed by atoms with van der Waals surface area (Å²) >= 11 is 0. The molecule has 16 heavy (non-hydrogen) atoms. The molecule has 0 aliphatic heterocycles. The van der Waals surface area contributed by atoms with E-state index in [1.807, 2.05) is 6.92 Å². The average molecular weight is 219 g/mol. The van der Waals surface area contributed by atoms with Crippen molar-refractivity contribution in [2.75, 3.05) is 0 Å². The highest BCUT2D eigenvalue weighted by molar-refractivity contribution is 5.76. The number of rotatable bonds is 4. The van der Waals surface area contributed by atoms with Crippen LogP contribution in [0.1, 0.15) is 30.5 Å². The van der Waals surface area contributed by atoms with E-state index in [1.165, 1.54) is 0 Å². The predicted octanol–water partition coefficient (Wildman–Crippen LogP) is 1.69. The summed E-state index contributed by atoms with van der Waals surface area (Å²) in [6, 6.07) is 0. The monoisotopic (exact) mass is 219 g/mol. The van der Waals surface area contributed by atoms with E-state index in [9.17, 15) is 4.79 Å². The molecule has 4 heteroatoms. The third-order valence-electron chi connectivity index (χ3n) is 2.97. The van der Waals surface area contributed by atoms with Gasteiger partial charge in [0.25, 0.3) is 0 Å². The summed E-state index contributed by atoms with van der Waals surface area (Å²) in [5, 5.41) is 9.69. The van der Waals surface area contributed by atoms with Crippen molar-refractivity contribution in [2.24, 2.45) is 5.92 Å². The van der Waals surface area contributed by atoms with Crippen molar-refractivity contribution >= 4 is 5.91 Å². The zero-order chi connectivity index (χ0) is 11.4. The summed E-state index contributed by atoms with van der Waals surface area (Å²) in [6.45, 7) is 2.52. The van der Waals surface area contributed by atoms with Gasteiger partial charge in [-0.25, -0.2) is 0 Å². The molecule has 1 aliphatic carbocycles. The molecule has 1 aromatic rings. The van der Waals surface area contributed by atoms with Crippen LogP contribution in [0.25, 0.3) is 0 Å². The zero-order valence-electron chi connectivity index (χ0n) is 9.49. The first-order valence-corrected chi connectivity index (χ1v) is 5.68. The Morgan fingerprint density at radius 2 is 2.56 bits per heavy atom. The largest absolute Gasteiger partial charge is 0.352 e. The number of hydrogen-bond acceptors (Lipinski definition) is 2. The second-order valence-electron chi connectivity index (χ2n) is 4.27. The Kier molecular flexibility index (Phi) is 3.39. The number of allylic oxidation sites excluding steroid dienone is 2. The first-order valence-electron chi connectivity index (χ1n) is 5.68. The minimum absolute atomic E-state index is 0.122. The number of carbonyl (C=O) groups excluding carboxylic acids is 1. The molecule has 0 aromatic carbocycles. The molecule has 0 radical (unpaired) electrons. The molecule has 1 heterocycles. The summed E-state index contributed by atoms with van der Waals surface area (Å²) < 4.78 is 0. The maximum atomic E-state index is 11.6. The van der Waals surface area contributed by atoms with Crippen LogP contribution in [0.3, 0.4) is 0 Å². The smallest absolute Gasteiger partial charge is 0.220 e. The highest BCUT2D eigenvalue weighted by Crippen LogP contribution is 2.20. The molecular formula is C12H17N3O. The molecule has 2 rings (SSSR count). The highest BCUT2D eigenvalue weighted by Gasteiger charge is 2.13. The minimum Gasteiger partial charge on any atom is -0.352 e. The number of aromatic nitrogens is 2. The lowest BCUT2D eigenvalue weighted by Gasteiger charge is -2.08. The predicted molar refractivity (Wildman–Crippen MR) is 61.7 cm³/mol. The van der Waals surface area contributed by atoms with E-state index in [-0.39, 0.29) is 5.91 Å². The van der Waals surface area contributed by atoms with Crippen LogP contribution in [0, 0.1) is 12.8 Å². The van der Waals surface area contributed by atoms with Crippen LogP contribution >= 0.6 is 0 Å². The standard InChI is InChI=1S/C12H17N3O/c1-9-11(8-14-15-9)7-13-12(16)6-10-4-2-3-5-10/h2,4,8,10H,3,5-7H2,1H3,(H,13,16)(H,14,15). The maximum absolute atomic E-state index is 11.6. The van der Waals surface area contributed by atoms with Crippen molar-refractivity contribution < 1.29 is 4.79 Å². The van der Waals surface area contributed by atoms with Crippen LogP contribution < -0.4 is 5.32 Å². The van der Waals surface area contributed by atoms with Crippen molar-refractivity contribution in [2.45, 2.75) is 32.7 Å². The molecule has 1 atom stereocenters. The van der Waals surface area contributed by atoms with Gasteiger partial charge >= 0.3 is 0 Å². The molecule has 1 aromatic heterocycles. The Morgan fingerprint density at radius 3 is 3.19 bits per heavy atom. The van der Waals surface area contributed by atoms with E-state index >= 15 is 0 Å². The number of aromatic amines is 1. The Hall–Kier alpha value is -1.58. The Labute approximate surface area is 95.1 Å². The quantitative estimate of drug-likeness (QED) is 0.757. The first kappa shape index (κ1) is 10.9. The second kappa shape index (κ2) is 4.96. The SMILES string of the molecule is Cc1[nH]ncc1CNC(=O)CC1C=CCC1. The van der Waals surface area contributed by atoms with Gasteiger partial charge in [0.05, 0.1) is 6.20 Å². The van der Waals surface area contributed by atoms with Gasteiger partial charge in [-0.2, -0.15) is 5.10 Å². The van der Waals surface area contributed by atoms with Crippen LogP contribution in [-0.2, 0) is 11.3 Å². The van der Waals surface area contributed by atoms with E-state index in [1.54, 1.807) is 6.20 Å². The van der Waals surface area contributed by atoms with Gasteiger partial charge in [-0.05, 0) is 25.7 Å². The lowest BCUT2D eigenvalue weighted by molar-refractivity contribution is -0.121. The Morgan fingerprint density at radius 1 is 1.69 bits per heavy atom. The van der Waals surface area contributed by atoms with Crippen LogP contribution in [0.2, 0.25) is 0 Å². The van der Waals surface area contributed by atoms with Gasteiger partial charge in [-0.15, -0.1) is 0 Å². The number of carbonyl (C=O) groups is 1. The summed E-state index contributed by atoms with van der Waals surface area (Å²) in [6.07, 6.45) is 8.87. The third-order valence-corrected chi connectivity index (χ3v) is 2.97. The van der Waals surface area contributed by atoms with Gasteiger partial charge in [0, 0.05) is 24.2 Å². The average Bonchev–Trinajstić information content (AvgIpc) is 2.87. The molecule has 4 nitrogen and oxygen atoms in total. The van der Waals surface area contributed by atoms with Gasteiger partial charge in [0.1, 0.15) is 0 Å². The number of nitrogens with one attached hydrogen (secondary N) is 2. The molecule has 0 spiro atoms. The summed E-state index contributed by atoms with van der Waals surface area (Å²) in [5.41, 5.74) is 2.07. The van der Waals surface area contributed by atoms with Gasteiger partial charge in [0.2, 0.25) is 5.91 Å². The Balaban J connectivity index is 1.75. The lowest BCUT2D eigenvalue weighted by atomic mass is 10.1. The van der Waals surface area contributed by atoms with Gasteiger partial charge in [0.15, 0.2) is 0 Å². The molecule has 0 bridgehead atoms. The number of H-pyrrole nitrogens is 1. The fraction of sp³-hybridized carbons (Fsp3) is 0.500. The van der Waals surface area contributed by atoms with E-state index in [0.717, 1.165) is 24.1 Å². The van der Waals surface area contributed by atoms with E-state index < -0.39 is 0 Å². The van der Waals surface area contributed by atoms with Crippen LogP contribution in [0.4, 0.5) is 0 Å². The van der Waals surface area contributed by atoms with Crippen LogP contribution in [0.5, 0.6) is 0 Å². The van der Waals surface area contributed by atoms with Crippen molar-refractivity contribution in [3.8, 4) is 0 Å². The molecule has 1 amide bonds. The number of amides is 1. The van der Waals surface area contributed by atoms with Crippen LogP contribution in [-0.4, -0.2) is 16.1 Å². The molecule has 86 valence electrons. The van der Waals surface area contributed by atoms with Crippen molar-refractivity contribution in [3.63, 3.8) is 0 Å². The van der Waals surface area contributed by atoms with Crippen molar-refractivity contribution in [1.29, 1.82) is 0 Å². The summed E-state index contributed by atoms with van der Waals surface area (Å²) in [5.74, 6) is 0.558. The van der Waals surface area contributed by atoms with Crippen molar-refractivity contribution in [3.05, 3.63) is 29.6 Å². The van der Waals surface area contributed by atoms with Crippen molar-refractivity contribution in [1.82, 2.24) is 15.5 Å². The minimum atomic E-state index is 0.122. The fourth-order valence-electron chi connectivity index (χ4n) is 1.92. The van der Waals surface area contributed by atoms with E-state index in [4.69, 9.17) is 0 Å². The summed E-state index contributed by atoms with van der Waals surface area (Å²) in [7, 11) is 0. The third kappa shape index (κ3) is 2.72. The number of aryl methyl sites for hydroxylation is 1. The van der Waals surface area contributed by atoms with Crippen LogP contribution in [0.15, 0.2) is 18.3 Å². The first-order chi connectivity index (χ1) is 7.75. The molecule has 2 N–H and O–H groups in total. The molecular weight excluding hydrogens is 202 g/mol. The Bertz CT molecular complexity index is 395. The zero-order valence-corrected chi connectivity index (χ0v) is 9.49. The van der Waals surface area contributed by atoms with Gasteiger partial charge in [-0.1, -0.05) is 12.2 Å². The molecule has 0 saturated heterocycles. The van der Waals surface area contributed by atoms with Gasteiger partial charge < -0.3 is 5.32 Å². The van der Waals surface area contributed by atoms with E-state index in [0.29, 0.717) is 18.9 Å². The normalized spacial score (nSPS) is 18.9.